The quantitative estimate of drug-likeness (QED) is 0.650. The van der Waals surface area contributed by atoms with E-state index in [9.17, 15) is 4.39 Å². The van der Waals surface area contributed by atoms with E-state index < -0.39 is 6.04 Å². The molecule has 2 aromatic carbocycles. The van der Waals surface area contributed by atoms with E-state index in [0.717, 1.165) is 15.6 Å². The molecule has 2 rings (SSSR count). The molecular formula is C14H13BrClFN2. The van der Waals surface area contributed by atoms with Crippen LogP contribution in [0.1, 0.15) is 22.7 Å². The molecule has 3 N–H and O–H groups in total. The number of hydrogen-bond donors (Lipinski definition) is 2. The molecule has 0 heterocycles. The van der Waals surface area contributed by atoms with Gasteiger partial charge in [-0.25, -0.2) is 9.82 Å². The maximum Gasteiger partial charge on any atom is 0.129 e. The van der Waals surface area contributed by atoms with Crippen LogP contribution in [0.3, 0.4) is 0 Å². The van der Waals surface area contributed by atoms with Crippen molar-refractivity contribution in [3.05, 3.63) is 68.4 Å². The van der Waals surface area contributed by atoms with Gasteiger partial charge in [0.15, 0.2) is 0 Å². The van der Waals surface area contributed by atoms with Gasteiger partial charge in [0.1, 0.15) is 5.82 Å². The SMILES string of the molecule is Cc1cccc(C(NN)c2ccc(Cl)cc2F)c1Br. The van der Waals surface area contributed by atoms with Crippen LogP contribution in [-0.4, -0.2) is 0 Å². The van der Waals surface area contributed by atoms with Crippen LogP contribution in [-0.2, 0) is 0 Å². The van der Waals surface area contributed by atoms with E-state index in [-0.39, 0.29) is 5.82 Å². The Labute approximate surface area is 124 Å². The van der Waals surface area contributed by atoms with E-state index in [4.69, 9.17) is 17.4 Å². The predicted octanol–water partition coefficient (Wildman–Crippen LogP) is 4.10. The van der Waals surface area contributed by atoms with Gasteiger partial charge >= 0.3 is 0 Å². The summed E-state index contributed by atoms with van der Waals surface area (Å²) in [6.07, 6.45) is 0. The highest BCUT2D eigenvalue weighted by Gasteiger charge is 2.19. The molecule has 0 saturated carbocycles. The fourth-order valence-electron chi connectivity index (χ4n) is 1.98. The zero-order chi connectivity index (χ0) is 14.0. The normalized spacial score (nSPS) is 12.5. The van der Waals surface area contributed by atoms with Crippen LogP contribution in [0.5, 0.6) is 0 Å². The number of nitrogens with two attached hydrogens (primary N) is 1. The van der Waals surface area contributed by atoms with Crippen LogP contribution in [0, 0.1) is 12.7 Å². The third-order valence-electron chi connectivity index (χ3n) is 2.97. The second-order valence-corrected chi connectivity index (χ2v) is 5.47. The van der Waals surface area contributed by atoms with Crippen LogP contribution >= 0.6 is 27.5 Å². The lowest BCUT2D eigenvalue weighted by Crippen LogP contribution is -2.29. The van der Waals surface area contributed by atoms with Crippen molar-refractivity contribution >= 4 is 27.5 Å². The average Bonchev–Trinajstić information content (AvgIpc) is 2.37. The van der Waals surface area contributed by atoms with Crippen molar-refractivity contribution in [1.29, 1.82) is 0 Å². The van der Waals surface area contributed by atoms with E-state index in [2.05, 4.69) is 21.4 Å². The number of nitrogens with one attached hydrogen (secondary N) is 1. The van der Waals surface area contributed by atoms with Crippen molar-refractivity contribution in [2.45, 2.75) is 13.0 Å². The topological polar surface area (TPSA) is 38.0 Å². The van der Waals surface area contributed by atoms with Gasteiger partial charge in [-0.15, -0.1) is 0 Å². The molecule has 2 nitrogen and oxygen atoms in total. The predicted molar refractivity (Wildman–Crippen MR) is 79.5 cm³/mol. The summed E-state index contributed by atoms with van der Waals surface area (Å²) in [6, 6.07) is 9.91. The second kappa shape index (κ2) is 6.01. The molecule has 0 fully saturated rings. The van der Waals surface area contributed by atoms with Gasteiger partial charge in [-0.2, -0.15) is 0 Å². The molecule has 19 heavy (non-hydrogen) atoms. The third-order valence-corrected chi connectivity index (χ3v) is 4.29. The van der Waals surface area contributed by atoms with Crippen molar-refractivity contribution in [3.63, 3.8) is 0 Å². The number of aryl methyl sites for hydroxylation is 1. The summed E-state index contributed by atoms with van der Waals surface area (Å²) in [7, 11) is 0. The van der Waals surface area contributed by atoms with E-state index >= 15 is 0 Å². The number of rotatable bonds is 3. The Bertz CT molecular complexity index is 604. The highest BCUT2D eigenvalue weighted by atomic mass is 79.9. The highest BCUT2D eigenvalue weighted by Crippen LogP contribution is 2.32. The monoisotopic (exact) mass is 342 g/mol. The number of hydrogen-bond acceptors (Lipinski definition) is 2. The first kappa shape index (κ1) is 14.5. The Kier molecular flexibility index (Phi) is 4.58. The summed E-state index contributed by atoms with van der Waals surface area (Å²) in [5.41, 5.74) is 5.05. The maximum absolute atomic E-state index is 14.0. The molecule has 100 valence electrons. The Morgan fingerprint density at radius 1 is 1.26 bits per heavy atom. The lowest BCUT2D eigenvalue weighted by atomic mass is 9.97. The molecule has 0 saturated heterocycles. The van der Waals surface area contributed by atoms with Crippen molar-refractivity contribution < 1.29 is 4.39 Å². The van der Waals surface area contributed by atoms with Gasteiger partial charge in [-0.05, 0) is 30.2 Å². The Balaban J connectivity index is 2.53. The molecule has 2 aromatic rings. The largest absolute Gasteiger partial charge is 0.271 e. The van der Waals surface area contributed by atoms with E-state index in [1.165, 1.54) is 6.07 Å². The molecule has 0 amide bonds. The maximum atomic E-state index is 14.0. The minimum atomic E-state index is -0.438. The molecule has 0 aliphatic carbocycles. The Hall–Kier alpha value is -0.940. The van der Waals surface area contributed by atoms with Crippen LogP contribution in [0.2, 0.25) is 5.02 Å². The standard InChI is InChI=1S/C14H13BrClFN2/c1-8-3-2-4-11(13(8)15)14(19-18)10-6-5-9(16)7-12(10)17/h2-7,14,19H,18H2,1H3. The van der Waals surface area contributed by atoms with Gasteiger partial charge < -0.3 is 0 Å². The average molecular weight is 344 g/mol. The zero-order valence-corrected chi connectivity index (χ0v) is 12.6. The van der Waals surface area contributed by atoms with Gasteiger partial charge in [0.25, 0.3) is 0 Å². The summed E-state index contributed by atoms with van der Waals surface area (Å²) in [4.78, 5) is 0. The smallest absolute Gasteiger partial charge is 0.129 e. The molecule has 0 aliphatic heterocycles. The second-order valence-electron chi connectivity index (χ2n) is 4.24. The molecule has 0 spiro atoms. The molecule has 0 aliphatic rings. The summed E-state index contributed by atoms with van der Waals surface area (Å²) < 4.78 is 14.9. The minimum absolute atomic E-state index is 0.361. The van der Waals surface area contributed by atoms with Crippen molar-refractivity contribution in [2.24, 2.45) is 5.84 Å². The molecule has 0 aromatic heterocycles. The Morgan fingerprint density at radius 2 is 2.00 bits per heavy atom. The summed E-state index contributed by atoms with van der Waals surface area (Å²) in [5, 5.41) is 0.361. The van der Waals surface area contributed by atoms with Crippen LogP contribution in [0.25, 0.3) is 0 Å². The van der Waals surface area contributed by atoms with Crippen molar-refractivity contribution in [3.8, 4) is 0 Å². The molecular weight excluding hydrogens is 331 g/mol. The molecule has 1 unspecified atom stereocenters. The number of hydrazine groups is 1. The van der Waals surface area contributed by atoms with Gasteiger partial charge in [-0.1, -0.05) is 51.8 Å². The van der Waals surface area contributed by atoms with Crippen molar-refractivity contribution in [1.82, 2.24) is 5.43 Å². The zero-order valence-electron chi connectivity index (χ0n) is 10.3. The third kappa shape index (κ3) is 2.98. The van der Waals surface area contributed by atoms with Gasteiger partial charge in [0.2, 0.25) is 0 Å². The van der Waals surface area contributed by atoms with E-state index in [1.807, 2.05) is 25.1 Å². The lowest BCUT2D eigenvalue weighted by Gasteiger charge is -2.20. The van der Waals surface area contributed by atoms with Gasteiger partial charge in [0.05, 0.1) is 6.04 Å². The molecule has 5 heteroatoms. The van der Waals surface area contributed by atoms with E-state index in [0.29, 0.717) is 10.6 Å². The molecule has 0 bridgehead atoms. The van der Waals surface area contributed by atoms with Crippen LogP contribution in [0.4, 0.5) is 4.39 Å². The first-order valence-corrected chi connectivity index (χ1v) is 6.87. The highest BCUT2D eigenvalue weighted by molar-refractivity contribution is 9.10. The van der Waals surface area contributed by atoms with Gasteiger partial charge in [-0.3, -0.25) is 5.84 Å². The van der Waals surface area contributed by atoms with Crippen LogP contribution in [0.15, 0.2) is 40.9 Å². The summed E-state index contributed by atoms with van der Waals surface area (Å²) >= 11 is 9.28. The first-order chi connectivity index (χ1) is 9.04. The molecule has 1 atom stereocenters. The minimum Gasteiger partial charge on any atom is -0.271 e. The number of benzene rings is 2. The van der Waals surface area contributed by atoms with E-state index in [1.54, 1.807) is 12.1 Å². The Morgan fingerprint density at radius 3 is 2.63 bits per heavy atom. The first-order valence-electron chi connectivity index (χ1n) is 5.70. The fourth-order valence-corrected chi connectivity index (χ4v) is 2.63. The summed E-state index contributed by atoms with van der Waals surface area (Å²) in [5.74, 6) is 5.21. The van der Waals surface area contributed by atoms with Crippen LogP contribution < -0.4 is 11.3 Å². The van der Waals surface area contributed by atoms with Gasteiger partial charge in [0, 0.05) is 15.1 Å². The number of halogens is 3. The fraction of sp³-hybridized carbons (Fsp3) is 0.143. The summed E-state index contributed by atoms with van der Waals surface area (Å²) in [6.45, 7) is 1.97. The van der Waals surface area contributed by atoms with Crippen molar-refractivity contribution in [2.75, 3.05) is 0 Å². The molecule has 0 radical (unpaired) electrons. The lowest BCUT2D eigenvalue weighted by molar-refractivity contribution is 0.559.